The standard InChI is InChI=1S/C15H7BrClF2NO/c16-11-2-1-3-13(19)14(11)15(21)10(7-20)9-5-4-8(18)6-12(9)17/h1-6,10H. The van der Waals surface area contributed by atoms with Gasteiger partial charge >= 0.3 is 0 Å². The summed E-state index contributed by atoms with van der Waals surface area (Å²) in [7, 11) is 0. The van der Waals surface area contributed by atoms with Gasteiger partial charge < -0.3 is 0 Å². The summed E-state index contributed by atoms with van der Waals surface area (Å²) in [5, 5.41) is 9.17. The summed E-state index contributed by atoms with van der Waals surface area (Å²) in [4.78, 5) is 12.4. The monoisotopic (exact) mass is 369 g/mol. The van der Waals surface area contributed by atoms with Crippen LogP contribution in [0.2, 0.25) is 5.02 Å². The van der Waals surface area contributed by atoms with Crippen molar-refractivity contribution in [2.75, 3.05) is 0 Å². The van der Waals surface area contributed by atoms with Crippen molar-refractivity contribution in [1.29, 1.82) is 5.26 Å². The molecule has 0 aliphatic rings. The Kier molecular flexibility index (Phi) is 4.71. The fourth-order valence-corrected chi connectivity index (χ4v) is 2.70. The normalized spacial score (nSPS) is 11.8. The first-order chi connectivity index (χ1) is 9.95. The first-order valence-corrected chi connectivity index (χ1v) is 6.95. The number of Topliss-reactive ketones (excluding diaryl/α,β-unsaturated/α-hetero) is 1. The molecule has 0 amide bonds. The third kappa shape index (κ3) is 3.12. The predicted molar refractivity (Wildman–Crippen MR) is 78.2 cm³/mol. The lowest BCUT2D eigenvalue weighted by molar-refractivity contribution is 0.0974. The van der Waals surface area contributed by atoms with Crippen LogP contribution in [0.5, 0.6) is 0 Å². The Morgan fingerprint density at radius 3 is 2.57 bits per heavy atom. The molecule has 0 saturated heterocycles. The second-order valence-corrected chi connectivity index (χ2v) is 5.45. The van der Waals surface area contributed by atoms with E-state index in [0.29, 0.717) is 0 Å². The predicted octanol–water partition coefficient (Wildman–Crippen LogP) is 4.87. The number of benzene rings is 2. The second-order valence-electron chi connectivity index (χ2n) is 4.19. The molecule has 0 aliphatic carbocycles. The number of nitriles is 1. The van der Waals surface area contributed by atoms with Gasteiger partial charge in [-0.1, -0.05) is 23.7 Å². The fourth-order valence-electron chi connectivity index (χ4n) is 1.88. The molecule has 0 aromatic heterocycles. The maximum Gasteiger partial charge on any atom is 0.188 e. The van der Waals surface area contributed by atoms with Crippen LogP contribution in [0, 0.1) is 23.0 Å². The lowest BCUT2D eigenvalue weighted by Crippen LogP contribution is -2.14. The molecule has 0 heterocycles. The summed E-state index contributed by atoms with van der Waals surface area (Å²) >= 11 is 8.95. The molecule has 0 radical (unpaired) electrons. The average Bonchev–Trinajstić information content (AvgIpc) is 2.41. The molecule has 1 unspecified atom stereocenters. The van der Waals surface area contributed by atoms with Crippen molar-refractivity contribution in [3.63, 3.8) is 0 Å². The van der Waals surface area contributed by atoms with E-state index in [-0.39, 0.29) is 20.6 Å². The number of rotatable bonds is 3. The smallest absolute Gasteiger partial charge is 0.188 e. The van der Waals surface area contributed by atoms with Crippen molar-refractivity contribution in [2.24, 2.45) is 0 Å². The first kappa shape index (κ1) is 15.6. The molecule has 0 fully saturated rings. The van der Waals surface area contributed by atoms with Gasteiger partial charge in [-0.3, -0.25) is 4.79 Å². The Labute approximate surface area is 133 Å². The Hall–Kier alpha value is -1.77. The van der Waals surface area contributed by atoms with Gasteiger partial charge in [-0.25, -0.2) is 8.78 Å². The van der Waals surface area contributed by atoms with E-state index in [1.165, 1.54) is 18.2 Å². The lowest BCUT2D eigenvalue weighted by atomic mass is 9.91. The van der Waals surface area contributed by atoms with Crippen LogP contribution < -0.4 is 0 Å². The summed E-state index contributed by atoms with van der Waals surface area (Å²) in [5.41, 5.74) is -0.0924. The van der Waals surface area contributed by atoms with Gasteiger partial charge in [0.2, 0.25) is 0 Å². The van der Waals surface area contributed by atoms with Gasteiger partial charge in [-0.05, 0) is 45.8 Å². The number of hydrogen-bond donors (Lipinski definition) is 0. The first-order valence-electron chi connectivity index (χ1n) is 5.78. The van der Waals surface area contributed by atoms with Crippen molar-refractivity contribution >= 4 is 33.3 Å². The molecule has 2 aromatic rings. The number of hydrogen-bond acceptors (Lipinski definition) is 2. The highest BCUT2D eigenvalue weighted by Crippen LogP contribution is 2.31. The van der Waals surface area contributed by atoms with Gasteiger partial charge in [-0.15, -0.1) is 0 Å². The summed E-state index contributed by atoms with van der Waals surface area (Å²) in [6.45, 7) is 0. The Morgan fingerprint density at radius 2 is 2.00 bits per heavy atom. The highest BCUT2D eigenvalue weighted by atomic mass is 79.9. The van der Waals surface area contributed by atoms with Crippen LogP contribution in [0.15, 0.2) is 40.9 Å². The summed E-state index contributed by atoms with van der Waals surface area (Å²) in [6.07, 6.45) is 0. The van der Waals surface area contributed by atoms with Crippen LogP contribution in [-0.2, 0) is 0 Å². The zero-order chi connectivity index (χ0) is 15.6. The van der Waals surface area contributed by atoms with Crippen molar-refractivity contribution in [3.8, 4) is 6.07 Å². The maximum atomic E-state index is 13.8. The maximum absolute atomic E-state index is 13.8. The minimum Gasteiger partial charge on any atom is -0.292 e. The quantitative estimate of drug-likeness (QED) is 0.723. The largest absolute Gasteiger partial charge is 0.292 e. The Balaban J connectivity index is 2.52. The van der Waals surface area contributed by atoms with Crippen molar-refractivity contribution < 1.29 is 13.6 Å². The summed E-state index contributed by atoms with van der Waals surface area (Å²) < 4.78 is 27.1. The number of carbonyl (C=O) groups is 1. The van der Waals surface area contributed by atoms with E-state index < -0.39 is 23.3 Å². The molecule has 21 heavy (non-hydrogen) atoms. The summed E-state index contributed by atoms with van der Waals surface area (Å²) in [5.74, 6) is -3.38. The highest BCUT2D eigenvalue weighted by Gasteiger charge is 2.28. The minimum atomic E-state index is -1.31. The molecule has 106 valence electrons. The molecule has 1 atom stereocenters. The van der Waals surface area contributed by atoms with E-state index >= 15 is 0 Å². The third-order valence-electron chi connectivity index (χ3n) is 2.87. The molecule has 6 heteroatoms. The second kappa shape index (κ2) is 6.33. The topological polar surface area (TPSA) is 40.9 Å². The van der Waals surface area contributed by atoms with Crippen molar-refractivity contribution in [1.82, 2.24) is 0 Å². The van der Waals surface area contributed by atoms with Crippen LogP contribution in [0.25, 0.3) is 0 Å². The van der Waals surface area contributed by atoms with Gasteiger partial charge in [0.25, 0.3) is 0 Å². The van der Waals surface area contributed by atoms with Crippen molar-refractivity contribution in [3.05, 3.63) is 68.7 Å². The molecule has 0 saturated carbocycles. The highest BCUT2D eigenvalue weighted by molar-refractivity contribution is 9.10. The molecule has 2 aromatic carbocycles. The third-order valence-corrected chi connectivity index (χ3v) is 3.86. The van der Waals surface area contributed by atoms with E-state index in [1.807, 2.05) is 0 Å². The van der Waals surface area contributed by atoms with Gasteiger partial charge in [0.1, 0.15) is 17.6 Å². The van der Waals surface area contributed by atoms with E-state index in [0.717, 1.165) is 18.2 Å². The summed E-state index contributed by atoms with van der Waals surface area (Å²) in [6, 6.07) is 9.19. The zero-order valence-electron chi connectivity index (χ0n) is 10.4. The Bertz CT molecular complexity index is 738. The van der Waals surface area contributed by atoms with Gasteiger partial charge in [0.15, 0.2) is 5.78 Å². The van der Waals surface area contributed by atoms with Gasteiger partial charge in [0, 0.05) is 9.50 Å². The molecule has 2 rings (SSSR count). The number of ketones is 1. The SMILES string of the molecule is N#CC(C(=O)c1c(F)cccc1Br)c1ccc(F)cc1Cl. The van der Waals surface area contributed by atoms with Crippen LogP contribution in [0.4, 0.5) is 8.78 Å². The van der Waals surface area contributed by atoms with Crippen LogP contribution in [-0.4, -0.2) is 5.78 Å². The molecular weight excluding hydrogens is 364 g/mol. The van der Waals surface area contributed by atoms with Gasteiger partial charge in [-0.2, -0.15) is 5.26 Å². The Morgan fingerprint density at radius 1 is 1.29 bits per heavy atom. The van der Waals surface area contributed by atoms with Crippen LogP contribution in [0.3, 0.4) is 0 Å². The molecule has 0 bridgehead atoms. The molecular formula is C15H7BrClF2NO. The van der Waals surface area contributed by atoms with Crippen LogP contribution >= 0.6 is 27.5 Å². The number of nitrogens with zero attached hydrogens (tertiary/aromatic N) is 1. The molecule has 0 N–H and O–H groups in total. The fraction of sp³-hybridized carbons (Fsp3) is 0.0667. The zero-order valence-corrected chi connectivity index (χ0v) is 12.8. The minimum absolute atomic E-state index is 0.0534. The molecule has 0 spiro atoms. The van der Waals surface area contributed by atoms with Crippen LogP contribution in [0.1, 0.15) is 21.8 Å². The average molecular weight is 371 g/mol. The molecule has 0 aliphatic heterocycles. The van der Waals surface area contributed by atoms with E-state index in [4.69, 9.17) is 11.6 Å². The van der Waals surface area contributed by atoms with Gasteiger partial charge in [0.05, 0.1) is 11.6 Å². The lowest BCUT2D eigenvalue weighted by Gasteiger charge is -2.12. The number of carbonyl (C=O) groups excluding carboxylic acids is 1. The molecule has 2 nitrogen and oxygen atoms in total. The van der Waals surface area contributed by atoms with E-state index in [9.17, 15) is 18.8 Å². The van der Waals surface area contributed by atoms with Crippen molar-refractivity contribution in [2.45, 2.75) is 5.92 Å². The van der Waals surface area contributed by atoms with E-state index in [2.05, 4.69) is 15.9 Å². The van der Waals surface area contributed by atoms with E-state index in [1.54, 1.807) is 6.07 Å². The number of halogens is 4.